The summed E-state index contributed by atoms with van der Waals surface area (Å²) in [5, 5.41) is 16.7. The van der Waals surface area contributed by atoms with Crippen LogP contribution in [0.25, 0.3) is 0 Å². The molecule has 0 saturated carbocycles. The summed E-state index contributed by atoms with van der Waals surface area (Å²) in [5.41, 5.74) is 0.522. The number of urea groups is 1. The number of carbonyl (C=O) groups excluding carboxylic acids is 2. The number of amides is 3. The van der Waals surface area contributed by atoms with Gasteiger partial charge in [0.1, 0.15) is 12.1 Å². The minimum absolute atomic E-state index is 0.0636. The number of para-hydroxylation sites is 1. The smallest absolute Gasteiger partial charge is 0.328 e. The van der Waals surface area contributed by atoms with Gasteiger partial charge in [-0.3, -0.25) is 4.79 Å². The van der Waals surface area contributed by atoms with Crippen LogP contribution in [0.2, 0.25) is 0 Å². The van der Waals surface area contributed by atoms with Gasteiger partial charge in [0.15, 0.2) is 0 Å². The van der Waals surface area contributed by atoms with Crippen LogP contribution in [-0.2, 0) is 19.6 Å². The highest BCUT2D eigenvalue weighted by molar-refractivity contribution is 7.89. The Morgan fingerprint density at radius 3 is 2.28 bits per heavy atom. The first-order valence-corrected chi connectivity index (χ1v) is 11.4. The molecule has 2 atom stereocenters. The molecule has 2 unspecified atom stereocenters. The highest BCUT2D eigenvalue weighted by Crippen LogP contribution is 2.26. The van der Waals surface area contributed by atoms with Crippen molar-refractivity contribution in [3.05, 3.63) is 60.7 Å². The number of benzene rings is 2. The molecule has 4 N–H and O–H groups in total. The van der Waals surface area contributed by atoms with Gasteiger partial charge in [0, 0.05) is 12.2 Å². The summed E-state index contributed by atoms with van der Waals surface area (Å²) in [4.78, 5) is 36.4. The highest BCUT2D eigenvalue weighted by Gasteiger charge is 2.40. The van der Waals surface area contributed by atoms with Crippen LogP contribution < -0.4 is 16.0 Å². The van der Waals surface area contributed by atoms with Gasteiger partial charge in [-0.2, -0.15) is 4.31 Å². The summed E-state index contributed by atoms with van der Waals surface area (Å²) in [6.45, 7) is -0.220. The topological polar surface area (TPSA) is 145 Å². The molecule has 0 radical (unpaired) electrons. The van der Waals surface area contributed by atoms with Crippen LogP contribution >= 0.6 is 0 Å². The quantitative estimate of drug-likeness (QED) is 0.466. The summed E-state index contributed by atoms with van der Waals surface area (Å²) >= 11 is 0. The van der Waals surface area contributed by atoms with E-state index in [1.54, 1.807) is 48.5 Å². The molecule has 11 heteroatoms. The first kappa shape index (κ1) is 23.2. The van der Waals surface area contributed by atoms with Crippen molar-refractivity contribution < 1.29 is 27.9 Å². The van der Waals surface area contributed by atoms with Crippen molar-refractivity contribution in [3.8, 4) is 0 Å². The van der Waals surface area contributed by atoms with E-state index in [0.29, 0.717) is 12.1 Å². The third-order valence-electron chi connectivity index (χ3n) is 4.97. The summed E-state index contributed by atoms with van der Waals surface area (Å²) in [5.74, 6) is -2.08. The van der Waals surface area contributed by atoms with Crippen molar-refractivity contribution in [3.63, 3.8) is 0 Å². The zero-order valence-corrected chi connectivity index (χ0v) is 17.9. The number of aliphatic carboxylic acids is 1. The van der Waals surface area contributed by atoms with Gasteiger partial charge in [0.25, 0.3) is 0 Å². The van der Waals surface area contributed by atoms with Crippen LogP contribution in [0, 0.1) is 0 Å². The summed E-state index contributed by atoms with van der Waals surface area (Å²) < 4.78 is 26.9. The fraction of sp³-hybridized carbons (Fsp3) is 0.286. The monoisotopic (exact) mass is 460 g/mol. The molecule has 3 rings (SSSR count). The molecule has 170 valence electrons. The second-order valence-electron chi connectivity index (χ2n) is 7.19. The minimum Gasteiger partial charge on any atom is -0.480 e. The Morgan fingerprint density at radius 1 is 1.03 bits per heavy atom. The number of hydrogen-bond donors (Lipinski definition) is 4. The third-order valence-corrected chi connectivity index (χ3v) is 6.89. The fourth-order valence-electron chi connectivity index (χ4n) is 3.38. The molecular formula is C21H24N4O6S. The van der Waals surface area contributed by atoms with Crippen LogP contribution in [0.5, 0.6) is 0 Å². The Hall–Kier alpha value is -3.44. The zero-order chi connectivity index (χ0) is 23.1. The lowest BCUT2D eigenvalue weighted by Crippen LogP contribution is -2.54. The van der Waals surface area contributed by atoms with Gasteiger partial charge in [-0.05, 0) is 37.1 Å². The van der Waals surface area contributed by atoms with Crippen LogP contribution in [-0.4, -0.2) is 60.9 Å². The van der Waals surface area contributed by atoms with Crippen LogP contribution in [0.4, 0.5) is 10.5 Å². The molecule has 0 aliphatic carbocycles. The van der Waals surface area contributed by atoms with Gasteiger partial charge in [-0.25, -0.2) is 18.0 Å². The Bertz CT molecular complexity index is 1060. The number of sulfonamides is 1. The average molecular weight is 461 g/mol. The third kappa shape index (κ3) is 5.62. The second-order valence-corrected chi connectivity index (χ2v) is 9.08. The minimum atomic E-state index is -3.90. The number of nitrogens with one attached hydrogen (secondary N) is 3. The molecule has 1 saturated heterocycles. The standard InChI is InChI=1S/C21H24N4O6S/c26-19(18-12-7-13-25(18)32(30,31)16-10-5-2-6-11-16)24-17(20(27)28)14-22-21(29)23-15-8-3-1-4-9-15/h1-6,8-11,17-18H,7,12-14H2,(H,24,26)(H,27,28)(H2,22,23,29). The number of carboxylic acid groups (broad SMARTS) is 1. The number of carbonyl (C=O) groups is 3. The first-order valence-electron chi connectivity index (χ1n) is 9.99. The van der Waals surface area contributed by atoms with E-state index in [1.165, 1.54) is 12.1 Å². The fourth-order valence-corrected chi connectivity index (χ4v) is 5.05. The molecule has 1 fully saturated rings. The van der Waals surface area contributed by atoms with E-state index in [0.717, 1.165) is 4.31 Å². The molecule has 1 aliphatic rings. The molecule has 3 amide bonds. The van der Waals surface area contributed by atoms with Gasteiger partial charge >= 0.3 is 12.0 Å². The molecule has 2 aromatic carbocycles. The van der Waals surface area contributed by atoms with Crippen LogP contribution in [0.15, 0.2) is 65.6 Å². The van der Waals surface area contributed by atoms with E-state index in [2.05, 4.69) is 16.0 Å². The van der Waals surface area contributed by atoms with Crippen molar-refractivity contribution in [2.75, 3.05) is 18.4 Å². The maximum absolute atomic E-state index is 12.9. The van der Waals surface area contributed by atoms with E-state index < -0.39 is 40.0 Å². The molecule has 2 aromatic rings. The van der Waals surface area contributed by atoms with Crippen molar-refractivity contribution in [2.24, 2.45) is 0 Å². The first-order chi connectivity index (χ1) is 15.3. The van der Waals surface area contributed by atoms with E-state index in [-0.39, 0.29) is 24.4 Å². The van der Waals surface area contributed by atoms with E-state index >= 15 is 0 Å². The zero-order valence-electron chi connectivity index (χ0n) is 17.1. The maximum Gasteiger partial charge on any atom is 0.328 e. The van der Waals surface area contributed by atoms with E-state index in [1.807, 2.05) is 0 Å². The predicted molar refractivity (Wildman–Crippen MR) is 116 cm³/mol. The van der Waals surface area contributed by atoms with E-state index in [9.17, 15) is 27.9 Å². The lowest BCUT2D eigenvalue weighted by molar-refractivity contribution is -0.142. The molecule has 32 heavy (non-hydrogen) atoms. The van der Waals surface area contributed by atoms with Crippen LogP contribution in [0.3, 0.4) is 0 Å². The number of rotatable bonds is 8. The number of anilines is 1. The Morgan fingerprint density at radius 2 is 1.66 bits per heavy atom. The van der Waals surface area contributed by atoms with Gasteiger partial charge in [-0.15, -0.1) is 0 Å². The Labute approximate surface area is 185 Å². The summed E-state index contributed by atoms with van der Waals surface area (Å²) in [6.07, 6.45) is 0.742. The number of nitrogens with zero attached hydrogens (tertiary/aromatic N) is 1. The molecular weight excluding hydrogens is 436 g/mol. The Balaban J connectivity index is 1.62. The van der Waals surface area contributed by atoms with Crippen molar-refractivity contribution in [1.29, 1.82) is 0 Å². The molecule has 0 spiro atoms. The molecule has 1 heterocycles. The van der Waals surface area contributed by atoms with E-state index in [4.69, 9.17) is 0 Å². The molecule has 0 bridgehead atoms. The Kier molecular flexibility index (Phi) is 7.44. The van der Waals surface area contributed by atoms with Crippen molar-refractivity contribution in [1.82, 2.24) is 14.9 Å². The number of hydrogen-bond acceptors (Lipinski definition) is 5. The summed E-state index contributed by atoms with van der Waals surface area (Å²) in [7, 11) is -3.90. The van der Waals surface area contributed by atoms with Gasteiger partial charge in [0.05, 0.1) is 11.4 Å². The van der Waals surface area contributed by atoms with Gasteiger partial charge < -0.3 is 21.1 Å². The van der Waals surface area contributed by atoms with Gasteiger partial charge in [-0.1, -0.05) is 36.4 Å². The SMILES string of the molecule is O=C(NCC(NC(=O)C1CCCN1S(=O)(=O)c1ccccc1)C(=O)O)Nc1ccccc1. The number of carboxylic acids is 1. The normalized spacial score (nSPS) is 17.3. The van der Waals surface area contributed by atoms with Crippen molar-refractivity contribution in [2.45, 2.75) is 29.8 Å². The lowest BCUT2D eigenvalue weighted by atomic mass is 10.2. The van der Waals surface area contributed by atoms with Gasteiger partial charge in [0.2, 0.25) is 15.9 Å². The highest BCUT2D eigenvalue weighted by atomic mass is 32.2. The maximum atomic E-state index is 12.9. The molecule has 1 aliphatic heterocycles. The lowest BCUT2D eigenvalue weighted by Gasteiger charge is -2.25. The predicted octanol–water partition coefficient (Wildman–Crippen LogP) is 1.23. The van der Waals surface area contributed by atoms with Crippen molar-refractivity contribution >= 4 is 33.6 Å². The average Bonchev–Trinajstić information content (AvgIpc) is 3.29. The molecule has 0 aromatic heterocycles. The summed E-state index contributed by atoms with van der Waals surface area (Å²) in [6, 6.07) is 13.2. The molecule has 10 nitrogen and oxygen atoms in total. The van der Waals surface area contributed by atoms with Crippen LogP contribution in [0.1, 0.15) is 12.8 Å². The largest absolute Gasteiger partial charge is 0.480 e. The second kappa shape index (κ2) is 10.2.